The van der Waals surface area contributed by atoms with Crippen molar-refractivity contribution >= 4 is 27.5 Å². The van der Waals surface area contributed by atoms with Crippen molar-refractivity contribution < 1.29 is 31.9 Å². The third-order valence-corrected chi connectivity index (χ3v) is 8.46. The highest BCUT2D eigenvalue weighted by Crippen LogP contribution is 2.34. The van der Waals surface area contributed by atoms with Gasteiger partial charge in [-0.05, 0) is 55.3 Å². The minimum atomic E-state index is -4.34. The fraction of sp³-hybridized carbons (Fsp3) is 0.333. The van der Waals surface area contributed by atoms with E-state index in [0.717, 1.165) is 34.8 Å². The van der Waals surface area contributed by atoms with E-state index in [-0.39, 0.29) is 35.4 Å². The molecule has 1 N–H and O–H groups in total. The number of nitrogens with zero attached hydrogens (tertiary/aromatic N) is 2. The van der Waals surface area contributed by atoms with E-state index < -0.39 is 34.3 Å². The molecule has 0 unspecified atom stereocenters. The SMILES string of the molecule is CCCCNC(=O)[C@@H](C)N(Cc1ccccc1)C(=O)CN(c1ccc(F)cc1)S(=O)(=O)c1ccc2c(c1)OCCO2. The van der Waals surface area contributed by atoms with Crippen LogP contribution in [0.5, 0.6) is 11.5 Å². The predicted octanol–water partition coefficient (Wildman–Crippen LogP) is 4.13. The van der Waals surface area contributed by atoms with Crippen LogP contribution < -0.4 is 19.1 Å². The van der Waals surface area contributed by atoms with Gasteiger partial charge in [0.05, 0.1) is 10.6 Å². The highest BCUT2D eigenvalue weighted by atomic mass is 32.2. The Kier molecular flexibility index (Phi) is 9.82. The quantitative estimate of drug-likeness (QED) is 0.322. The second-order valence-electron chi connectivity index (χ2n) is 9.62. The Morgan fingerprint density at radius 1 is 0.976 bits per heavy atom. The fourth-order valence-electron chi connectivity index (χ4n) is 4.35. The third-order valence-electron chi connectivity index (χ3n) is 6.69. The smallest absolute Gasteiger partial charge is 0.264 e. The molecule has 0 fully saturated rings. The number of hydrogen-bond acceptors (Lipinski definition) is 6. The number of amides is 2. The molecule has 1 atom stereocenters. The van der Waals surface area contributed by atoms with Gasteiger partial charge < -0.3 is 19.7 Å². The van der Waals surface area contributed by atoms with Crippen molar-refractivity contribution in [1.82, 2.24) is 10.2 Å². The van der Waals surface area contributed by atoms with Gasteiger partial charge in [-0.25, -0.2) is 12.8 Å². The molecule has 0 spiro atoms. The van der Waals surface area contributed by atoms with Crippen LogP contribution in [0.15, 0.2) is 77.7 Å². The molecule has 41 heavy (non-hydrogen) atoms. The van der Waals surface area contributed by atoms with Crippen LogP contribution in [-0.4, -0.2) is 57.5 Å². The first-order valence-corrected chi connectivity index (χ1v) is 14.9. The van der Waals surface area contributed by atoms with E-state index in [2.05, 4.69) is 5.32 Å². The maximum atomic E-state index is 14.0. The summed E-state index contributed by atoms with van der Waals surface area (Å²) >= 11 is 0. The van der Waals surface area contributed by atoms with Gasteiger partial charge in [0.25, 0.3) is 10.0 Å². The van der Waals surface area contributed by atoms with Crippen molar-refractivity contribution in [1.29, 1.82) is 0 Å². The maximum absolute atomic E-state index is 14.0. The van der Waals surface area contributed by atoms with Crippen LogP contribution in [0.1, 0.15) is 32.3 Å². The number of fused-ring (bicyclic) bond motifs is 1. The molecule has 1 aliphatic heterocycles. The Balaban J connectivity index is 1.68. The van der Waals surface area contributed by atoms with E-state index >= 15 is 0 Å². The Morgan fingerprint density at radius 3 is 2.34 bits per heavy atom. The van der Waals surface area contributed by atoms with E-state index in [4.69, 9.17) is 9.47 Å². The topological polar surface area (TPSA) is 105 Å². The Bertz CT molecular complexity index is 1450. The minimum Gasteiger partial charge on any atom is -0.486 e. The summed E-state index contributed by atoms with van der Waals surface area (Å²) in [7, 11) is -4.34. The Morgan fingerprint density at radius 2 is 1.66 bits per heavy atom. The highest BCUT2D eigenvalue weighted by molar-refractivity contribution is 7.92. The summed E-state index contributed by atoms with van der Waals surface area (Å²) in [6.07, 6.45) is 1.68. The number of unbranched alkanes of at least 4 members (excludes halogenated alkanes) is 1. The summed E-state index contributed by atoms with van der Waals surface area (Å²) in [4.78, 5) is 28.1. The summed E-state index contributed by atoms with van der Waals surface area (Å²) in [5.41, 5.74) is 0.867. The molecule has 1 heterocycles. The fourth-order valence-corrected chi connectivity index (χ4v) is 5.78. The Labute approximate surface area is 239 Å². The first kappa shape index (κ1) is 29.9. The molecular weight excluding hydrogens is 549 g/mol. The van der Waals surface area contributed by atoms with Gasteiger partial charge >= 0.3 is 0 Å². The van der Waals surface area contributed by atoms with Crippen molar-refractivity contribution in [2.75, 3.05) is 30.6 Å². The van der Waals surface area contributed by atoms with Gasteiger partial charge in [0, 0.05) is 19.2 Å². The summed E-state index contributed by atoms with van der Waals surface area (Å²) in [5.74, 6) is -0.814. The Hall–Kier alpha value is -4.12. The molecule has 3 aromatic rings. The molecule has 11 heteroatoms. The van der Waals surface area contributed by atoms with Crippen LogP contribution in [0.4, 0.5) is 10.1 Å². The molecule has 0 aliphatic carbocycles. The molecule has 0 bridgehead atoms. The molecule has 0 saturated carbocycles. The normalized spacial score (nSPS) is 13.2. The summed E-state index contributed by atoms with van der Waals surface area (Å²) in [6, 6.07) is 17.3. The first-order chi connectivity index (χ1) is 19.7. The number of ether oxygens (including phenoxy) is 2. The largest absolute Gasteiger partial charge is 0.486 e. The van der Waals surface area contributed by atoms with Crippen molar-refractivity contribution in [2.24, 2.45) is 0 Å². The predicted molar refractivity (Wildman–Crippen MR) is 153 cm³/mol. The average molecular weight is 584 g/mol. The zero-order valence-corrected chi connectivity index (χ0v) is 23.9. The van der Waals surface area contributed by atoms with E-state index in [1.165, 1.54) is 35.2 Å². The molecular formula is C30H34FN3O6S. The lowest BCUT2D eigenvalue weighted by Gasteiger charge is -2.32. The van der Waals surface area contributed by atoms with Crippen molar-refractivity contribution in [3.05, 3.63) is 84.2 Å². The lowest BCUT2D eigenvalue weighted by atomic mass is 10.1. The molecule has 4 rings (SSSR count). The van der Waals surface area contributed by atoms with E-state index in [1.54, 1.807) is 6.92 Å². The monoisotopic (exact) mass is 583 g/mol. The summed E-state index contributed by atoms with van der Waals surface area (Å²) < 4.78 is 53.8. The van der Waals surface area contributed by atoms with Crippen LogP contribution in [-0.2, 0) is 26.2 Å². The minimum absolute atomic E-state index is 0.0867. The number of carbonyl (C=O) groups excluding carboxylic acids is 2. The number of nitrogens with one attached hydrogen (secondary N) is 1. The molecule has 0 aromatic heterocycles. The lowest BCUT2D eigenvalue weighted by molar-refractivity contribution is -0.139. The van der Waals surface area contributed by atoms with Crippen LogP contribution in [0.2, 0.25) is 0 Å². The number of sulfonamides is 1. The molecule has 9 nitrogen and oxygen atoms in total. The van der Waals surface area contributed by atoms with Crippen LogP contribution in [0.3, 0.4) is 0 Å². The van der Waals surface area contributed by atoms with E-state index in [0.29, 0.717) is 18.9 Å². The molecule has 1 aliphatic rings. The molecule has 0 radical (unpaired) electrons. The van der Waals surface area contributed by atoms with Crippen LogP contribution in [0, 0.1) is 5.82 Å². The number of benzene rings is 3. The maximum Gasteiger partial charge on any atom is 0.264 e. The van der Waals surface area contributed by atoms with Crippen molar-refractivity contribution in [3.63, 3.8) is 0 Å². The molecule has 0 saturated heterocycles. The lowest BCUT2D eigenvalue weighted by Crippen LogP contribution is -2.51. The molecule has 2 amide bonds. The van der Waals surface area contributed by atoms with Gasteiger partial charge in [-0.3, -0.25) is 13.9 Å². The summed E-state index contributed by atoms with van der Waals surface area (Å²) in [6.45, 7) is 4.16. The van der Waals surface area contributed by atoms with E-state index in [9.17, 15) is 22.4 Å². The second-order valence-corrected chi connectivity index (χ2v) is 11.5. The van der Waals surface area contributed by atoms with Crippen LogP contribution >= 0.6 is 0 Å². The number of anilines is 1. The molecule has 218 valence electrons. The third kappa shape index (κ3) is 7.35. The second kappa shape index (κ2) is 13.5. The average Bonchev–Trinajstić information content (AvgIpc) is 2.99. The van der Waals surface area contributed by atoms with Gasteiger partial charge in [0.2, 0.25) is 11.8 Å². The summed E-state index contributed by atoms with van der Waals surface area (Å²) in [5, 5.41) is 2.85. The number of halogens is 1. The van der Waals surface area contributed by atoms with Gasteiger partial charge in [0.15, 0.2) is 11.5 Å². The van der Waals surface area contributed by atoms with Gasteiger partial charge in [0.1, 0.15) is 31.6 Å². The number of rotatable bonds is 12. The number of carbonyl (C=O) groups is 2. The zero-order chi connectivity index (χ0) is 29.4. The standard InChI is InChI=1S/C30H34FN3O6S/c1-3-4-16-32-30(36)22(2)33(20-23-8-6-5-7-9-23)29(35)21-34(25-12-10-24(31)11-13-25)41(37,38)26-14-15-27-28(19-26)40-18-17-39-27/h5-15,19,22H,3-4,16-18,20-21H2,1-2H3,(H,32,36)/t22-/m1/s1. The van der Waals surface area contributed by atoms with Gasteiger partial charge in [-0.2, -0.15) is 0 Å². The number of hydrogen-bond donors (Lipinski definition) is 1. The zero-order valence-electron chi connectivity index (χ0n) is 23.1. The molecule has 3 aromatic carbocycles. The van der Waals surface area contributed by atoms with Crippen molar-refractivity contribution in [3.8, 4) is 11.5 Å². The highest BCUT2D eigenvalue weighted by Gasteiger charge is 2.33. The van der Waals surface area contributed by atoms with Gasteiger partial charge in [-0.15, -0.1) is 0 Å². The van der Waals surface area contributed by atoms with Crippen LogP contribution in [0.25, 0.3) is 0 Å². The van der Waals surface area contributed by atoms with Crippen molar-refractivity contribution in [2.45, 2.75) is 44.2 Å². The van der Waals surface area contributed by atoms with Gasteiger partial charge in [-0.1, -0.05) is 43.7 Å². The van der Waals surface area contributed by atoms with E-state index in [1.807, 2.05) is 37.3 Å². The first-order valence-electron chi connectivity index (χ1n) is 13.5.